The van der Waals surface area contributed by atoms with Gasteiger partial charge in [0, 0.05) is 17.9 Å². The molecule has 29 heteroatoms. The number of aliphatic hydroxyl groups is 7. The lowest BCUT2D eigenvalue weighted by Crippen LogP contribution is -2.70. The number of ether oxygens (including phenoxy) is 2. The highest BCUT2D eigenvalue weighted by Crippen LogP contribution is 2.32. The molecular weight excluding hydrogens is 1110 g/mol. The summed E-state index contributed by atoms with van der Waals surface area (Å²) in [5.41, 5.74) is 15.4. The number of nitrogens with zero attached hydrogens (tertiary/aromatic N) is 4. The normalized spacial score (nSPS) is 28.4. The maximum atomic E-state index is 15.2. The highest BCUT2D eigenvalue weighted by molar-refractivity contribution is 5.98. The number of aliphatic imine (C=N–C) groups is 2. The first-order valence-corrected chi connectivity index (χ1v) is 27.2. The number of carbonyl (C=O) groups excluding carboxylic acids is 6. The lowest BCUT2D eigenvalue weighted by molar-refractivity contribution is -0.260. The van der Waals surface area contributed by atoms with Gasteiger partial charge in [0.2, 0.25) is 41.3 Å². The monoisotopic (exact) mass is 1180 g/mol. The molecule has 9 rings (SSSR count). The molecule has 2 saturated heterocycles. The number of fused-ring (bicyclic) bond motifs is 1. The summed E-state index contributed by atoms with van der Waals surface area (Å²) in [7, 11) is 0. The number of rotatable bonds is 14. The van der Waals surface area contributed by atoms with Gasteiger partial charge in [-0.15, -0.1) is 0 Å². The van der Waals surface area contributed by atoms with Crippen molar-refractivity contribution in [2.45, 2.75) is 111 Å². The fourth-order valence-corrected chi connectivity index (χ4v) is 10.4. The summed E-state index contributed by atoms with van der Waals surface area (Å²) in [6.45, 7) is 0.0181. The Hall–Kier alpha value is -8.81. The number of guanidine groups is 2. The molecule has 18 N–H and O–H groups in total. The maximum Gasteiger partial charge on any atom is 0.246 e. The molecule has 0 aliphatic carbocycles. The SMILES string of the molecule is Cc1ccc(Oc2cccc(-c3nc4cc(C[C@H]5NC(=O)[C@H]([C@@H](C)c6ccccc6)NC(=O)CNC(=O)[C@H](CO)NC(=O)[C@@H]([C@H](O)[C@@H]6CN=C(N)N6[C@H]6O[C@H](CO)[C@@H](O)[C@H](O)[C@@H]6O)NC(=O)[C@H]([C@@H](O)[C@@H]6CN=C(N)N6)NC5=O)ccc4o3)c2)cc1. The standard InChI is InChI=1S/C56H67N13O16/c1-25-11-14-30(15-12-25)83-31-10-6-9-29(19-31)53-64-32-17-27(13-16-37(32)84-53)18-33-49(79)67-41(43(73)34-20-60-55(57)65-34)52(82)68-42(44(74)36-21-61-56(58)69(36)54-47(77)46(76)45(75)38(24-71)85-54)51(81)63-35(23-70)48(78)59-22-39(72)66-40(50(80)62-33)26(2)28-7-4-3-5-8-28/h3-17,19,26,33-36,38,40-47,54,70-71,73-77H,18,20-24H2,1-2H3,(H2,58,61)(H,59,78)(H,62,80)(H,63,81)(H,66,72)(H,67,79)(H,68,82)(H3,57,60,65)/t26-,33+,34-,35-,36-,38+,40-,41-,42+,43-,44+,45+,46-,47-,54-/m0/s1. The summed E-state index contributed by atoms with van der Waals surface area (Å²) in [6.07, 6.45) is -13.6. The molecule has 2 fully saturated rings. The van der Waals surface area contributed by atoms with Gasteiger partial charge in [-0.3, -0.25) is 38.8 Å². The Morgan fingerprint density at radius 1 is 0.682 bits per heavy atom. The first-order valence-electron chi connectivity index (χ1n) is 27.2. The lowest BCUT2D eigenvalue weighted by atomic mass is 9.92. The van der Waals surface area contributed by atoms with Crippen LogP contribution in [0.5, 0.6) is 11.5 Å². The van der Waals surface area contributed by atoms with Crippen LogP contribution in [0.15, 0.2) is 111 Å². The van der Waals surface area contributed by atoms with Gasteiger partial charge in [-0.05, 0) is 60.5 Å². The zero-order valence-corrected chi connectivity index (χ0v) is 45.9. The molecule has 29 nitrogen and oxygen atoms in total. The fourth-order valence-electron chi connectivity index (χ4n) is 10.4. The van der Waals surface area contributed by atoms with E-state index in [9.17, 15) is 54.9 Å². The number of hydrogen-bond acceptors (Lipinski definition) is 23. The minimum atomic E-state index is -2.28. The molecular formula is C56H67N13O16. The molecule has 0 saturated carbocycles. The van der Waals surface area contributed by atoms with Crippen molar-refractivity contribution in [3.05, 3.63) is 114 Å². The molecule has 15 atom stereocenters. The summed E-state index contributed by atoms with van der Waals surface area (Å²) in [5, 5.41) is 94.7. The second-order valence-electron chi connectivity index (χ2n) is 21.1. The average Bonchev–Trinajstić information content (AvgIpc) is 3.43. The topological polar surface area (TPSA) is 453 Å². The number of benzene rings is 4. The smallest absolute Gasteiger partial charge is 0.246 e. The third-order valence-corrected chi connectivity index (χ3v) is 15.2. The van der Waals surface area contributed by atoms with E-state index < -0.39 is 159 Å². The van der Waals surface area contributed by atoms with Gasteiger partial charge in [0.1, 0.15) is 83.8 Å². The van der Waals surface area contributed by atoms with Crippen molar-refractivity contribution < 1.29 is 78.4 Å². The lowest BCUT2D eigenvalue weighted by Gasteiger charge is -2.46. The van der Waals surface area contributed by atoms with E-state index in [4.69, 9.17) is 30.3 Å². The number of nitrogens with one attached hydrogen (secondary N) is 7. The van der Waals surface area contributed by atoms with Gasteiger partial charge in [-0.25, -0.2) is 4.98 Å². The second kappa shape index (κ2) is 26.4. The van der Waals surface area contributed by atoms with Gasteiger partial charge in [0.15, 0.2) is 23.7 Å². The number of hydrogen-bond donors (Lipinski definition) is 16. The molecule has 5 heterocycles. The number of nitrogens with two attached hydrogens (primary N) is 2. The van der Waals surface area contributed by atoms with E-state index in [-0.39, 0.29) is 24.8 Å². The predicted octanol–water partition coefficient (Wildman–Crippen LogP) is -4.71. The summed E-state index contributed by atoms with van der Waals surface area (Å²) in [6, 6.07) is 15.7. The Morgan fingerprint density at radius 2 is 1.38 bits per heavy atom. The van der Waals surface area contributed by atoms with Crippen molar-refractivity contribution in [2.75, 3.05) is 32.8 Å². The van der Waals surface area contributed by atoms with E-state index in [0.29, 0.717) is 39.3 Å². The van der Waals surface area contributed by atoms with E-state index in [1.807, 2.05) is 31.2 Å². The van der Waals surface area contributed by atoms with Crippen LogP contribution in [-0.4, -0.2) is 211 Å². The van der Waals surface area contributed by atoms with E-state index in [1.165, 1.54) is 0 Å². The Labute approximate surface area is 484 Å². The van der Waals surface area contributed by atoms with Crippen molar-refractivity contribution >= 4 is 58.5 Å². The number of amides is 6. The first kappa shape index (κ1) is 60.8. The Bertz CT molecular complexity index is 3310. The number of oxazole rings is 1. The van der Waals surface area contributed by atoms with E-state index in [0.717, 1.165) is 10.5 Å². The molecule has 4 aromatic carbocycles. The summed E-state index contributed by atoms with van der Waals surface area (Å²) < 4.78 is 17.9. The Balaban J connectivity index is 1.08. The zero-order valence-electron chi connectivity index (χ0n) is 45.9. The van der Waals surface area contributed by atoms with Gasteiger partial charge >= 0.3 is 0 Å². The largest absolute Gasteiger partial charge is 0.457 e. The Morgan fingerprint density at radius 3 is 2.08 bits per heavy atom. The van der Waals surface area contributed by atoms with Crippen molar-refractivity contribution in [1.82, 2.24) is 47.1 Å². The van der Waals surface area contributed by atoms with E-state index >= 15 is 9.59 Å². The van der Waals surface area contributed by atoms with Crippen LogP contribution < -0.4 is 53.4 Å². The van der Waals surface area contributed by atoms with Crippen LogP contribution in [0, 0.1) is 6.92 Å². The predicted molar refractivity (Wildman–Crippen MR) is 300 cm³/mol. The minimum Gasteiger partial charge on any atom is -0.457 e. The molecule has 85 heavy (non-hydrogen) atoms. The van der Waals surface area contributed by atoms with Gasteiger partial charge in [0.05, 0.1) is 44.9 Å². The molecule has 0 unspecified atom stereocenters. The molecule has 0 spiro atoms. The third-order valence-electron chi connectivity index (χ3n) is 15.2. The summed E-state index contributed by atoms with van der Waals surface area (Å²) in [4.78, 5) is 101. The maximum absolute atomic E-state index is 15.2. The fraction of sp³-hybridized carbons (Fsp3) is 0.411. The number of aromatic nitrogens is 1. The van der Waals surface area contributed by atoms with Crippen LogP contribution in [0.25, 0.3) is 22.6 Å². The first-order chi connectivity index (χ1) is 40.7. The average molecular weight is 1180 g/mol. The van der Waals surface area contributed by atoms with Crippen molar-refractivity contribution in [3.63, 3.8) is 0 Å². The number of carbonyl (C=O) groups is 6. The molecule has 0 bridgehead atoms. The van der Waals surface area contributed by atoms with Gasteiger partial charge < -0.3 is 103 Å². The summed E-state index contributed by atoms with van der Waals surface area (Å²) in [5.74, 6) is -6.93. The van der Waals surface area contributed by atoms with Crippen LogP contribution in [0.4, 0.5) is 0 Å². The minimum absolute atomic E-state index is 0.149. The molecule has 452 valence electrons. The van der Waals surface area contributed by atoms with E-state index in [1.54, 1.807) is 79.7 Å². The third kappa shape index (κ3) is 13.7. The van der Waals surface area contributed by atoms with Crippen LogP contribution in [-0.2, 0) is 39.9 Å². The Kier molecular flexibility index (Phi) is 18.9. The van der Waals surface area contributed by atoms with Crippen molar-refractivity contribution in [3.8, 4) is 23.0 Å². The molecule has 1 aromatic heterocycles. The van der Waals surface area contributed by atoms with Crippen molar-refractivity contribution in [2.24, 2.45) is 21.5 Å². The second-order valence-corrected chi connectivity index (χ2v) is 21.1. The molecule has 4 aliphatic rings. The molecule has 6 amide bonds. The van der Waals surface area contributed by atoms with Crippen LogP contribution in [0.3, 0.4) is 0 Å². The zero-order chi connectivity index (χ0) is 60.8. The van der Waals surface area contributed by atoms with E-state index in [2.05, 4.69) is 47.2 Å². The molecule has 4 aliphatic heterocycles. The van der Waals surface area contributed by atoms with Crippen molar-refractivity contribution in [1.29, 1.82) is 0 Å². The summed E-state index contributed by atoms with van der Waals surface area (Å²) >= 11 is 0. The number of aliphatic hydroxyl groups excluding tert-OH is 7. The highest BCUT2D eigenvalue weighted by Gasteiger charge is 2.52. The van der Waals surface area contributed by atoms with Gasteiger partial charge in [0.25, 0.3) is 0 Å². The van der Waals surface area contributed by atoms with Crippen LogP contribution in [0.2, 0.25) is 0 Å². The van der Waals surface area contributed by atoms with Gasteiger partial charge in [-0.1, -0.05) is 67.1 Å². The molecule has 0 radical (unpaired) electrons. The quantitative estimate of drug-likeness (QED) is 0.0497. The highest BCUT2D eigenvalue weighted by atomic mass is 16.6. The number of aryl methyl sites for hydroxylation is 1. The van der Waals surface area contributed by atoms with Crippen LogP contribution >= 0.6 is 0 Å². The van der Waals surface area contributed by atoms with Gasteiger partial charge in [-0.2, -0.15) is 0 Å². The molecule has 5 aromatic rings. The van der Waals surface area contributed by atoms with Crippen LogP contribution in [0.1, 0.15) is 29.5 Å².